The highest BCUT2D eigenvalue weighted by Crippen LogP contribution is 2.29. The molecule has 0 saturated carbocycles. The molecule has 0 aliphatic carbocycles. The van der Waals surface area contributed by atoms with Crippen molar-refractivity contribution in [3.8, 4) is 0 Å². The van der Waals surface area contributed by atoms with Crippen molar-refractivity contribution in [3.63, 3.8) is 0 Å². The van der Waals surface area contributed by atoms with Gasteiger partial charge in [-0.15, -0.1) is 0 Å². The molecule has 0 saturated heterocycles. The number of rotatable bonds is 5. The van der Waals surface area contributed by atoms with Crippen molar-refractivity contribution < 1.29 is 5.11 Å². The molecule has 1 rings (SSSR count). The molecule has 1 unspecified atom stereocenters. The maximum Gasteiger partial charge on any atom is 0.0631 e. The highest BCUT2D eigenvalue weighted by Gasteiger charge is 2.29. The first-order chi connectivity index (χ1) is 7.44. The molecule has 1 aromatic carbocycles. The Morgan fingerprint density at radius 3 is 2.12 bits per heavy atom. The molecular weight excluding hydrogens is 196 g/mol. The maximum absolute atomic E-state index is 10.3. The van der Waals surface area contributed by atoms with E-state index in [1.165, 1.54) is 5.56 Å². The van der Waals surface area contributed by atoms with Gasteiger partial charge in [-0.3, -0.25) is 0 Å². The third-order valence-corrected chi connectivity index (χ3v) is 3.37. The Hall–Kier alpha value is -0.820. The molecule has 1 N–H and O–H groups in total. The summed E-state index contributed by atoms with van der Waals surface area (Å²) in [5.41, 5.74) is 1.06. The predicted octanol–water partition coefficient (Wildman–Crippen LogP) is 3.76. The van der Waals surface area contributed by atoms with Crippen LogP contribution in [-0.4, -0.2) is 11.2 Å². The van der Waals surface area contributed by atoms with E-state index in [0.717, 1.165) is 12.8 Å². The molecule has 0 aliphatic heterocycles. The number of benzene rings is 1. The lowest BCUT2D eigenvalue weighted by atomic mass is 9.77. The summed E-state index contributed by atoms with van der Waals surface area (Å²) >= 11 is 0. The first-order valence-electron chi connectivity index (χ1n) is 6.18. The number of aliphatic hydroxyl groups is 1. The monoisotopic (exact) mass is 220 g/mol. The zero-order valence-corrected chi connectivity index (χ0v) is 10.9. The van der Waals surface area contributed by atoms with Crippen molar-refractivity contribution in [2.45, 2.75) is 52.1 Å². The number of hydrogen-bond donors (Lipinski definition) is 1. The Morgan fingerprint density at radius 1 is 1.06 bits per heavy atom. The topological polar surface area (TPSA) is 20.2 Å². The first-order valence-corrected chi connectivity index (χ1v) is 6.18. The summed E-state index contributed by atoms with van der Waals surface area (Å²) in [5.74, 6) is 0.654. The Morgan fingerprint density at radius 2 is 1.62 bits per heavy atom. The van der Waals surface area contributed by atoms with E-state index in [9.17, 15) is 5.11 Å². The van der Waals surface area contributed by atoms with E-state index in [2.05, 4.69) is 39.8 Å². The summed E-state index contributed by atoms with van der Waals surface area (Å²) < 4.78 is 0. The van der Waals surface area contributed by atoms with Crippen LogP contribution in [-0.2, 0) is 5.41 Å². The third kappa shape index (κ3) is 3.34. The molecule has 0 heterocycles. The van der Waals surface area contributed by atoms with Gasteiger partial charge < -0.3 is 5.11 Å². The van der Waals surface area contributed by atoms with Crippen LogP contribution in [0.15, 0.2) is 30.3 Å². The molecule has 1 aromatic rings. The van der Waals surface area contributed by atoms with E-state index in [0.29, 0.717) is 5.92 Å². The van der Waals surface area contributed by atoms with Crippen LogP contribution in [0.25, 0.3) is 0 Å². The largest absolute Gasteiger partial charge is 0.392 e. The highest BCUT2D eigenvalue weighted by atomic mass is 16.3. The van der Waals surface area contributed by atoms with E-state index in [-0.39, 0.29) is 11.5 Å². The number of aliphatic hydroxyl groups excluding tert-OH is 1. The van der Waals surface area contributed by atoms with E-state index in [1.807, 2.05) is 18.2 Å². The average molecular weight is 220 g/mol. The normalized spacial score (nSPS) is 14.1. The van der Waals surface area contributed by atoms with Crippen molar-refractivity contribution in [3.05, 3.63) is 35.9 Å². The van der Waals surface area contributed by atoms with Gasteiger partial charge in [-0.25, -0.2) is 0 Å². The SMILES string of the molecule is CC(C)CCC(O)C(C)(C)c1ccccc1. The fraction of sp³-hybridized carbons (Fsp3) is 0.600. The summed E-state index contributed by atoms with van der Waals surface area (Å²) in [4.78, 5) is 0. The molecule has 0 aromatic heterocycles. The van der Waals surface area contributed by atoms with Crippen LogP contribution in [0, 0.1) is 5.92 Å². The van der Waals surface area contributed by atoms with Crippen molar-refractivity contribution in [2.24, 2.45) is 5.92 Å². The van der Waals surface area contributed by atoms with Gasteiger partial charge in [0.1, 0.15) is 0 Å². The van der Waals surface area contributed by atoms with Crippen LogP contribution < -0.4 is 0 Å². The molecule has 16 heavy (non-hydrogen) atoms. The second kappa shape index (κ2) is 5.49. The lowest BCUT2D eigenvalue weighted by Crippen LogP contribution is -2.33. The van der Waals surface area contributed by atoms with Crippen molar-refractivity contribution in [1.82, 2.24) is 0 Å². The minimum atomic E-state index is -0.266. The van der Waals surface area contributed by atoms with Gasteiger partial charge in [0.2, 0.25) is 0 Å². The Labute approximate surface area is 99.5 Å². The minimum Gasteiger partial charge on any atom is -0.392 e. The van der Waals surface area contributed by atoms with Gasteiger partial charge in [-0.1, -0.05) is 58.0 Å². The van der Waals surface area contributed by atoms with Crippen molar-refractivity contribution >= 4 is 0 Å². The molecular formula is C15H24O. The van der Waals surface area contributed by atoms with Crippen LogP contribution >= 0.6 is 0 Å². The second-order valence-corrected chi connectivity index (χ2v) is 5.57. The predicted molar refractivity (Wildman–Crippen MR) is 69.5 cm³/mol. The fourth-order valence-electron chi connectivity index (χ4n) is 1.91. The lowest BCUT2D eigenvalue weighted by Gasteiger charge is -2.31. The zero-order chi connectivity index (χ0) is 12.2. The van der Waals surface area contributed by atoms with E-state index >= 15 is 0 Å². The molecule has 0 bridgehead atoms. The summed E-state index contributed by atoms with van der Waals surface area (Å²) in [6, 6.07) is 10.3. The Balaban J connectivity index is 2.69. The molecule has 90 valence electrons. The van der Waals surface area contributed by atoms with Gasteiger partial charge in [-0.05, 0) is 24.3 Å². The van der Waals surface area contributed by atoms with E-state index in [4.69, 9.17) is 0 Å². The summed E-state index contributed by atoms with van der Waals surface area (Å²) in [6.07, 6.45) is 1.69. The van der Waals surface area contributed by atoms with Gasteiger partial charge in [-0.2, -0.15) is 0 Å². The first kappa shape index (κ1) is 13.2. The second-order valence-electron chi connectivity index (χ2n) is 5.57. The highest BCUT2D eigenvalue weighted by molar-refractivity contribution is 5.24. The van der Waals surface area contributed by atoms with E-state index < -0.39 is 0 Å². The molecule has 0 fully saturated rings. The average Bonchev–Trinajstić information content (AvgIpc) is 2.27. The number of hydrogen-bond acceptors (Lipinski definition) is 1. The molecule has 0 radical (unpaired) electrons. The molecule has 1 atom stereocenters. The minimum absolute atomic E-state index is 0.157. The van der Waals surface area contributed by atoms with Gasteiger partial charge in [0.15, 0.2) is 0 Å². The third-order valence-electron chi connectivity index (χ3n) is 3.37. The van der Waals surface area contributed by atoms with Crippen LogP contribution in [0.5, 0.6) is 0 Å². The van der Waals surface area contributed by atoms with Crippen LogP contribution in [0.4, 0.5) is 0 Å². The maximum atomic E-state index is 10.3. The Bertz CT molecular complexity index is 300. The molecule has 0 amide bonds. The molecule has 0 aliphatic rings. The van der Waals surface area contributed by atoms with Crippen molar-refractivity contribution in [2.75, 3.05) is 0 Å². The van der Waals surface area contributed by atoms with Crippen LogP contribution in [0.3, 0.4) is 0 Å². The molecule has 0 spiro atoms. The van der Waals surface area contributed by atoms with Gasteiger partial charge in [0.25, 0.3) is 0 Å². The van der Waals surface area contributed by atoms with Crippen LogP contribution in [0.1, 0.15) is 46.1 Å². The Kier molecular flexibility index (Phi) is 4.55. The van der Waals surface area contributed by atoms with E-state index in [1.54, 1.807) is 0 Å². The standard InChI is InChI=1S/C15H24O/c1-12(2)10-11-14(16)15(3,4)13-8-6-5-7-9-13/h5-9,12,14,16H,10-11H2,1-4H3. The smallest absolute Gasteiger partial charge is 0.0631 e. The van der Waals surface area contributed by atoms with Crippen LogP contribution in [0.2, 0.25) is 0 Å². The quantitative estimate of drug-likeness (QED) is 0.801. The van der Waals surface area contributed by atoms with Gasteiger partial charge in [0.05, 0.1) is 6.10 Å². The lowest BCUT2D eigenvalue weighted by molar-refractivity contribution is 0.0857. The summed E-state index contributed by atoms with van der Waals surface area (Å²) in [6.45, 7) is 8.63. The fourth-order valence-corrected chi connectivity index (χ4v) is 1.91. The van der Waals surface area contributed by atoms with Gasteiger partial charge in [0, 0.05) is 5.41 Å². The molecule has 1 nitrogen and oxygen atoms in total. The molecule has 1 heteroatoms. The zero-order valence-electron chi connectivity index (χ0n) is 10.9. The summed E-state index contributed by atoms with van der Waals surface area (Å²) in [5, 5.41) is 10.3. The van der Waals surface area contributed by atoms with Crippen molar-refractivity contribution in [1.29, 1.82) is 0 Å². The summed E-state index contributed by atoms with van der Waals surface area (Å²) in [7, 11) is 0. The van der Waals surface area contributed by atoms with Gasteiger partial charge >= 0.3 is 0 Å².